The minimum absolute atomic E-state index is 0.0872. The van der Waals surface area contributed by atoms with Gasteiger partial charge in [0.1, 0.15) is 12.6 Å². The van der Waals surface area contributed by atoms with Crippen LogP contribution in [0.5, 0.6) is 0 Å². The smallest absolute Gasteiger partial charge is 0.408 e. The first kappa shape index (κ1) is 19.9. The third-order valence-electron chi connectivity index (χ3n) is 3.69. The summed E-state index contributed by atoms with van der Waals surface area (Å²) in [6.07, 6.45) is 1.22. The number of nitrogens with zero attached hydrogens (tertiary/aromatic N) is 2. The molecule has 1 heterocycles. The number of aromatic nitrogens is 3. The van der Waals surface area contributed by atoms with Gasteiger partial charge in [-0.1, -0.05) is 50.1 Å². The Balaban J connectivity index is 1.96. The van der Waals surface area contributed by atoms with Gasteiger partial charge >= 0.3 is 6.09 Å². The lowest BCUT2D eigenvalue weighted by atomic mass is 10.1. The maximum absolute atomic E-state index is 12.5. The fourth-order valence-electron chi connectivity index (χ4n) is 2.28. The summed E-state index contributed by atoms with van der Waals surface area (Å²) >= 11 is 0. The van der Waals surface area contributed by atoms with Gasteiger partial charge in [-0.15, -0.1) is 10.2 Å². The molecule has 1 atom stereocenters. The van der Waals surface area contributed by atoms with Crippen molar-refractivity contribution in [3.05, 3.63) is 41.6 Å². The number of nitrogens with one attached hydrogen (secondary N) is 3. The van der Waals surface area contributed by atoms with Crippen molar-refractivity contribution in [2.75, 3.05) is 5.32 Å². The Morgan fingerprint density at radius 3 is 2.63 bits per heavy atom. The molecule has 0 aliphatic carbocycles. The van der Waals surface area contributed by atoms with Crippen LogP contribution in [0.2, 0.25) is 0 Å². The van der Waals surface area contributed by atoms with Crippen molar-refractivity contribution in [3.8, 4) is 0 Å². The molecule has 144 valence electrons. The van der Waals surface area contributed by atoms with Crippen LogP contribution in [0.3, 0.4) is 0 Å². The zero-order valence-electron chi connectivity index (χ0n) is 14.9. The van der Waals surface area contributed by atoms with E-state index in [9.17, 15) is 14.4 Å². The number of rotatable bonds is 9. The lowest BCUT2D eigenvalue weighted by Crippen LogP contribution is -2.44. The highest BCUT2D eigenvalue weighted by atomic mass is 16.5. The average molecular weight is 374 g/mol. The van der Waals surface area contributed by atoms with E-state index < -0.39 is 23.9 Å². The molecule has 2 rings (SSSR count). The van der Waals surface area contributed by atoms with Gasteiger partial charge in [-0.2, -0.15) is 5.21 Å². The van der Waals surface area contributed by atoms with E-state index in [0.29, 0.717) is 12.8 Å². The average Bonchev–Trinajstić information content (AvgIpc) is 3.12. The van der Waals surface area contributed by atoms with E-state index in [-0.39, 0.29) is 18.1 Å². The highest BCUT2D eigenvalue weighted by molar-refractivity contribution is 6.02. The number of unbranched alkanes of at least 4 members (excludes halogenated alkanes) is 1. The summed E-state index contributed by atoms with van der Waals surface area (Å²) in [5.74, 6) is -1.47. The number of primary amides is 1. The van der Waals surface area contributed by atoms with Crippen LogP contribution in [0.25, 0.3) is 0 Å². The zero-order chi connectivity index (χ0) is 19.6. The van der Waals surface area contributed by atoms with E-state index in [1.165, 1.54) is 0 Å². The number of hydrogen-bond donors (Lipinski definition) is 4. The van der Waals surface area contributed by atoms with Crippen LogP contribution in [0.1, 0.15) is 42.2 Å². The van der Waals surface area contributed by atoms with Crippen LogP contribution in [0.15, 0.2) is 30.3 Å². The second-order valence-electron chi connectivity index (χ2n) is 5.78. The molecule has 27 heavy (non-hydrogen) atoms. The van der Waals surface area contributed by atoms with Gasteiger partial charge in [0.2, 0.25) is 5.91 Å². The number of amides is 3. The predicted molar refractivity (Wildman–Crippen MR) is 96.6 cm³/mol. The molecule has 0 saturated carbocycles. The van der Waals surface area contributed by atoms with E-state index in [4.69, 9.17) is 10.5 Å². The van der Waals surface area contributed by atoms with Gasteiger partial charge < -0.3 is 21.1 Å². The molecule has 0 fully saturated rings. The van der Waals surface area contributed by atoms with Crippen molar-refractivity contribution in [1.29, 1.82) is 0 Å². The molecule has 1 aromatic carbocycles. The highest BCUT2D eigenvalue weighted by Crippen LogP contribution is 2.10. The van der Waals surface area contributed by atoms with Crippen molar-refractivity contribution in [2.24, 2.45) is 5.73 Å². The van der Waals surface area contributed by atoms with Crippen molar-refractivity contribution in [1.82, 2.24) is 20.7 Å². The number of ether oxygens (including phenoxy) is 1. The Bertz CT molecular complexity index is 777. The van der Waals surface area contributed by atoms with E-state index in [1.54, 1.807) is 0 Å². The zero-order valence-corrected chi connectivity index (χ0v) is 14.9. The molecule has 2 aromatic rings. The molecule has 1 unspecified atom stereocenters. The highest BCUT2D eigenvalue weighted by Gasteiger charge is 2.24. The number of carbonyl (C=O) groups is 3. The second kappa shape index (κ2) is 9.90. The van der Waals surface area contributed by atoms with Gasteiger partial charge in [-0.05, 0) is 12.0 Å². The lowest BCUT2D eigenvalue weighted by molar-refractivity contribution is -0.118. The van der Waals surface area contributed by atoms with Crippen LogP contribution in [0.4, 0.5) is 10.6 Å². The molecule has 0 saturated heterocycles. The van der Waals surface area contributed by atoms with E-state index >= 15 is 0 Å². The first-order chi connectivity index (χ1) is 13.0. The number of nitrogens with two attached hydrogens (primary N) is 1. The minimum atomic E-state index is -0.856. The molecule has 0 spiro atoms. The van der Waals surface area contributed by atoms with Gasteiger partial charge in [0.15, 0.2) is 11.5 Å². The molecule has 0 aliphatic rings. The summed E-state index contributed by atoms with van der Waals surface area (Å²) in [7, 11) is 0. The molecular weight excluding hydrogens is 352 g/mol. The van der Waals surface area contributed by atoms with Crippen molar-refractivity contribution in [3.63, 3.8) is 0 Å². The van der Waals surface area contributed by atoms with E-state index in [2.05, 4.69) is 26.0 Å². The Kier molecular flexibility index (Phi) is 7.29. The van der Waals surface area contributed by atoms with E-state index in [1.807, 2.05) is 37.3 Å². The quantitative estimate of drug-likeness (QED) is 0.519. The standard InChI is InChI=1S/C17H22N6O4/c1-2-3-9-12(16(25)20-15-13(14(18)24)21-23-22-15)19-17(26)27-10-11-7-5-4-6-8-11/h4-8,12H,2-3,9-10H2,1H3,(H2,18,24)(H,19,26)(H2,20,21,22,23,25). The van der Waals surface area contributed by atoms with Crippen LogP contribution < -0.4 is 16.4 Å². The predicted octanol–water partition coefficient (Wildman–Crippen LogP) is 1.33. The largest absolute Gasteiger partial charge is 0.445 e. The molecule has 10 heteroatoms. The molecule has 5 N–H and O–H groups in total. The summed E-state index contributed by atoms with van der Waals surface area (Å²) < 4.78 is 5.15. The number of anilines is 1. The number of hydrogen-bond acceptors (Lipinski definition) is 6. The third kappa shape index (κ3) is 6.10. The van der Waals surface area contributed by atoms with Crippen molar-refractivity contribution in [2.45, 2.75) is 38.8 Å². The molecule has 1 aromatic heterocycles. The summed E-state index contributed by atoms with van der Waals surface area (Å²) in [4.78, 5) is 35.8. The Morgan fingerprint density at radius 1 is 1.22 bits per heavy atom. The SMILES string of the molecule is CCCCC(NC(=O)OCc1ccccc1)C(=O)Nc1n[nH]nc1C(N)=O. The van der Waals surface area contributed by atoms with E-state index in [0.717, 1.165) is 12.0 Å². The first-order valence-corrected chi connectivity index (χ1v) is 8.50. The first-order valence-electron chi connectivity index (χ1n) is 8.50. The van der Waals surface area contributed by atoms with Gasteiger partial charge in [-0.3, -0.25) is 9.59 Å². The van der Waals surface area contributed by atoms with Crippen LogP contribution in [0, 0.1) is 0 Å². The maximum Gasteiger partial charge on any atom is 0.408 e. The van der Waals surface area contributed by atoms with Gasteiger partial charge in [-0.25, -0.2) is 4.79 Å². The summed E-state index contributed by atoms with van der Waals surface area (Å²) in [5, 5.41) is 14.5. The number of benzene rings is 1. The molecule has 3 amide bonds. The van der Waals surface area contributed by atoms with Crippen molar-refractivity contribution >= 4 is 23.7 Å². The second-order valence-corrected chi connectivity index (χ2v) is 5.78. The van der Waals surface area contributed by atoms with Crippen molar-refractivity contribution < 1.29 is 19.1 Å². The van der Waals surface area contributed by atoms with Gasteiger partial charge in [0, 0.05) is 0 Å². The molecule has 0 bridgehead atoms. The van der Waals surface area contributed by atoms with Gasteiger partial charge in [0.05, 0.1) is 0 Å². The topological polar surface area (TPSA) is 152 Å². The molecule has 10 nitrogen and oxygen atoms in total. The molecule has 0 radical (unpaired) electrons. The monoisotopic (exact) mass is 374 g/mol. The fourth-order valence-corrected chi connectivity index (χ4v) is 2.28. The minimum Gasteiger partial charge on any atom is -0.445 e. The van der Waals surface area contributed by atoms with Gasteiger partial charge in [0.25, 0.3) is 5.91 Å². The number of H-pyrrole nitrogens is 1. The summed E-state index contributed by atoms with van der Waals surface area (Å²) in [6.45, 7) is 2.05. The Hall–Kier alpha value is -3.43. The number of carbonyl (C=O) groups excluding carboxylic acids is 3. The summed E-state index contributed by atoms with van der Waals surface area (Å²) in [6, 6.07) is 8.32. The Morgan fingerprint density at radius 2 is 1.96 bits per heavy atom. The third-order valence-corrected chi connectivity index (χ3v) is 3.69. The normalized spacial score (nSPS) is 11.4. The fraction of sp³-hybridized carbons (Fsp3) is 0.353. The lowest BCUT2D eigenvalue weighted by Gasteiger charge is -2.17. The number of aromatic amines is 1. The maximum atomic E-state index is 12.5. The molecular formula is C17H22N6O4. The Labute approximate surface area is 155 Å². The van der Waals surface area contributed by atoms with Crippen LogP contribution in [-0.2, 0) is 16.1 Å². The molecule has 0 aliphatic heterocycles. The summed E-state index contributed by atoms with van der Waals surface area (Å²) in [5.41, 5.74) is 5.80. The van der Waals surface area contributed by atoms with Crippen LogP contribution >= 0.6 is 0 Å². The number of alkyl carbamates (subject to hydrolysis) is 1. The van der Waals surface area contributed by atoms with Crippen LogP contribution in [-0.4, -0.2) is 39.4 Å².